The van der Waals surface area contributed by atoms with Gasteiger partial charge in [-0.3, -0.25) is 4.79 Å². The number of carboxylic acid groups (broad SMARTS) is 1. The second-order valence-electron chi connectivity index (χ2n) is 5.84. The molecule has 0 aromatic carbocycles. The molecule has 0 atom stereocenters. The zero-order valence-corrected chi connectivity index (χ0v) is 13.8. The average molecular weight is 349 g/mol. The van der Waals surface area contributed by atoms with E-state index < -0.39 is 5.97 Å². The van der Waals surface area contributed by atoms with Gasteiger partial charge in [0.1, 0.15) is 6.26 Å². The Bertz CT molecular complexity index is 690. The Hall–Kier alpha value is -2.35. The van der Waals surface area contributed by atoms with Crippen molar-refractivity contribution in [2.75, 3.05) is 0 Å². The lowest BCUT2D eigenvalue weighted by atomic mass is 9.86. The van der Waals surface area contributed by atoms with Crippen molar-refractivity contribution in [1.82, 2.24) is 15.6 Å². The van der Waals surface area contributed by atoms with E-state index in [2.05, 4.69) is 15.6 Å². The molecule has 128 valence electrons. The Balaban J connectivity index is 1.42. The molecule has 7 nitrogen and oxygen atoms in total. The largest absolute Gasteiger partial charge is 0.481 e. The van der Waals surface area contributed by atoms with Gasteiger partial charge in [0.2, 0.25) is 5.89 Å². The van der Waals surface area contributed by atoms with Gasteiger partial charge in [0.15, 0.2) is 0 Å². The second kappa shape index (κ2) is 7.48. The third-order valence-electron chi connectivity index (χ3n) is 4.13. The van der Waals surface area contributed by atoms with Crippen molar-refractivity contribution in [3.05, 3.63) is 29.5 Å². The van der Waals surface area contributed by atoms with Crippen molar-refractivity contribution in [2.45, 2.75) is 38.3 Å². The van der Waals surface area contributed by atoms with Crippen molar-refractivity contribution < 1.29 is 19.1 Å². The summed E-state index contributed by atoms with van der Waals surface area (Å²) in [5, 5.41) is 16.6. The van der Waals surface area contributed by atoms with Gasteiger partial charge in [0.25, 0.3) is 0 Å². The summed E-state index contributed by atoms with van der Waals surface area (Å²) in [7, 11) is 0. The van der Waals surface area contributed by atoms with Crippen molar-refractivity contribution >= 4 is 23.3 Å². The summed E-state index contributed by atoms with van der Waals surface area (Å²) in [4.78, 5) is 28.1. The number of hydrogen-bond donors (Lipinski definition) is 3. The first-order valence-corrected chi connectivity index (χ1v) is 8.75. The number of urea groups is 1. The number of amides is 2. The molecular formula is C16H19N3O4S. The highest BCUT2D eigenvalue weighted by Gasteiger charge is 2.26. The number of hydrogen-bond acceptors (Lipinski definition) is 5. The van der Waals surface area contributed by atoms with Gasteiger partial charge in [-0.05, 0) is 37.1 Å². The summed E-state index contributed by atoms with van der Waals surface area (Å²) in [5.74, 6) is -0.475. The number of thiophene rings is 1. The molecule has 0 unspecified atom stereocenters. The van der Waals surface area contributed by atoms with Gasteiger partial charge in [-0.1, -0.05) is 6.07 Å². The second-order valence-corrected chi connectivity index (χ2v) is 6.78. The topological polar surface area (TPSA) is 104 Å². The SMILES string of the molecule is O=C(NCc1coc(-c2cccs2)n1)NC1CCC(C(=O)O)CC1. The van der Waals surface area contributed by atoms with Crippen molar-refractivity contribution in [2.24, 2.45) is 5.92 Å². The predicted octanol–water partition coefficient (Wildman–Crippen LogP) is 2.85. The van der Waals surface area contributed by atoms with Gasteiger partial charge < -0.3 is 20.2 Å². The van der Waals surface area contributed by atoms with Gasteiger partial charge >= 0.3 is 12.0 Å². The van der Waals surface area contributed by atoms with E-state index in [-0.39, 0.29) is 24.5 Å². The van der Waals surface area contributed by atoms with E-state index >= 15 is 0 Å². The minimum atomic E-state index is -0.745. The fourth-order valence-corrected chi connectivity index (χ4v) is 3.45. The molecule has 3 rings (SSSR count). The van der Waals surface area contributed by atoms with Crippen LogP contribution in [-0.2, 0) is 11.3 Å². The number of nitrogens with one attached hydrogen (secondary N) is 2. The number of aromatic nitrogens is 1. The molecule has 3 N–H and O–H groups in total. The highest BCUT2D eigenvalue weighted by atomic mass is 32.1. The number of oxazole rings is 1. The molecule has 2 amide bonds. The Labute approximate surface area is 143 Å². The monoisotopic (exact) mass is 349 g/mol. The summed E-state index contributed by atoms with van der Waals surface area (Å²) < 4.78 is 5.40. The van der Waals surface area contributed by atoms with Crippen LogP contribution in [0.3, 0.4) is 0 Å². The van der Waals surface area contributed by atoms with Crippen LogP contribution in [0.25, 0.3) is 10.8 Å². The normalized spacial score (nSPS) is 20.5. The van der Waals surface area contributed by atoms with E-state index in [9.17, 15) is 9.59 Å². The number of carboxylic acids is 1. The zero-order chi connectivity index (χ0) is 16.9. The van der Waals surface area contributed by atoms with Crippen LogP contribution >= 0.6 is 11.3 Å². The van der Waals surface area contributed by atoms with Gasteiger partial charge in [-0.2, -0.15) is 0 Å². The first kappa shape index (κ1) is 16.5. The third-order valence-corrected chi connectivity index (χ3v) is 4.98. The molecule has 1 aliphatic rings. The maximum Gasteiger partial charge on any atom is 0.315 e. The van der Waals surface area contributed by atoms with Gasteiger partial charge in [0.05, 0.1) is 23.0 Å². The van der Waals surface area contributed by atoms with Gasteiger partial charge in [-0.25, -0.2) is 9.78 Å². The zero-order valence-electron chi connectivity index (χ0n) is 13.0. The molecule has 1 aliphatic carbocycles. The van der Waals surface area contributed by atoms with Gasteiger partial charge in [0, 0.05) is 6.04 Å². The van der Waals surface area contributed by atoms with Crippen LogP contribution in [0.15, 0.2) is 28.2 Å². The fourth-order valence-electron chi connectivity index (χ4n) is 2.79. The number of carbonyl (C=O) groups is 2. The summed E-state index contributed by atoms with van der Waals surface area (Å²) >= 11 is 1.54. The predicted molar refractivity (Wildman–Crippen MR) is 88.6 cm³/mol. The van der Waals surface area contributed by atoms with Crippen LogP contribution in [0.2, 0.25) is 0 Å². The van der Waals surface area contributed by atoms with Crippen LogP contribution in [0.5, 0.6) is 0 Å². The highest BCUT2D eigenvalue weighted by molar-refractivity contribution is 7.13. The maximum absolute atomic E-state index is 11.9. The molecule has 2 heterocycles. The van der Waals surface area contributed by atoms with E-state index in [1.54, 1.807) is 11.3 Å². The van der Waals surface area contributed by atoms with E-state index in [4.69, 9.17) is 9.52 Å². The number of carbonyl (C=O) groups excluding carboxylic acids is 1. The third kappa shape index (κ3) is 4.14. The standard InChI is InChI=1S/C16H19N3O4S/c20-15(21)10-3-5-11(6-4-10)19-16(22)17-8-12-9-23-14(18-12)13-2-1-7-24-13/h1-2,7,9-11H,3-6,8H2,(H,20,21)(H2,17,19,22). The summed E-state index contributed by atoms with van der Waals surface area (Å²) in [5.41, 5.74) is 0.656. The van der Waals surface area contributed by atoms with Crippen molar-refractivity contribution in [1.29, 1.82) is 0 Å². The first-order chi connectivity index (χ1) is 11.6. The lowest BCUT2D eigenvalue weighted by molar-refractivity contribution is -0.142. The smallest absolute Gasteiger partial charge is 0.315 e. The van der Waals surface area contributed by atoms with Crippen LogP contribution in [-0.4, -0.2) is 28.1 Å². The van der Waals surface area contributed by atoms with E-state index in [1.165, 1.54) is 6.26 Å². The molecule has 8 heteroatoms. The highest BCUT2D eigenvalue weighted by Crippen LogP contribution is 2.25. The minimum absolute atomic E-state index is 0.0274. The average Bonchev–Trinajstić information content (AvgIpc) is 3.25. The molecule has 0 aliphatic heterocycles. The first-order valence-electron chi connectivity index (χ1n) is 7.87. The summed E-state index contributed by atoms with van der Waals surface area (Å²) in [6, 6.07) is 3.61. The molecule has 1 fully saturated rings. The van der Waals surface area contributed by atoms with E-state index in [0.717, 1.165) is 4.88 Å². The molecule has 2 aromatic heterocycles. The van der Waals surface area contributed by atoms with Crippen LogP contribution < -0.4 is 10.6 Å². The molecular weight excluding hydrogens is 330 g/mol. The lowest BCUT2D eigenvalue weighted by Crippen LogP contribution is -2.43. The number of aliphatic carboxylic acids is 1. The molecule has 0 saturated heterocycles. The van der Waals surface area contributed by atoms with Crippen molar-refractivity contribution in [3.63, 3.8) is 0 Å². The quantitative estimate of drug-likeness (QED) is 0.770. The van der Waals surface area contributed by atoms with E-state index in [1.807, 2.05) is 17.5 Å². The molecule has 0 radical (unpaired) electrons. The van der Waals surface area contributed by atoms with Crippen molar-refractivity contribution in [3.8, 4) is 10.8 Å². The number of rotatable bonds is 5. The molecule has 1 saturated carbocycles. The maximum atomic E-state index is 11.9. The molecule has 2 aromatic rings. The fraction of sp³-hybridized carbons (Fsp3) is 0.438. The van der Waals surface area contributed by atoms with E-state index in [0.29, 0.717) is 37.3 Å². The summed E-state index contributed by atoms with van der Waals surface area (Å²) in [6.07, 6.45) is 4.13. The van der Waals surface area contributed by atoms with Crippen LogP contribution in [0.4, 0.5) is 4.79 Å². The Kier molecular flexibility index (Phi) is 5.14. The molecule has 0 spiro atoms. The van der Waals surface area contributed by atoms with Crippen LogP contribution in [0, 0.1) is 5.92 Å². The Morgan fingerprint density at radius 2 is 2.12 bits per heavy atom. The Morgan fingerprint density at radius 3 is 2.79 bits per heavy atom. The molecule has 0 bridgehead atoms. The summed E-state index contributed by atoms with van der Waals surface area (Å²) in [6.45, 7) is 0.283. The Morgan fingerprint density at radius 1 is 1.33 bits per heavy atom. The number of nitrogens with zero attached hydrogens (tertiary/aromatic N) is 1. The lowest BCUT2D eigenvalue weighted by Gasteiger charge is -2.26. The van der Waals surface area contributed by atoms with Gasteiger partial charge in [-0.15, -0.1) is 11.3 Å². The molecule has 24 heavy (non-hydrogen) atoms. The minimum Gasteiger partial charge on any atom is -0.481 e. The van der Waals surface area contributed by atoms with Crippen LogP contribution in [0.1, 0.15) is 31.4 Å².